The number of aromatic nitrogens is 4. The van der Waals surface area contributed by atoms with Gasteiger partial charge in [0.15, 0.2) is 0 Å². The zero-order valence-corrected chi connectivity index (χ0v) is 9.19. The minimum atomic E-state index is 0.615. The van der Waals surface area contributed by atoms with Gasteiger partial charge in [-0.3, -0.25) is 0 Å². The summed E-state index contributed by atoms with van der Waals surface area (Å²) < 4.78 is 1.78. The van der Waals surface area contributed by atoms with E-state index in [2.05, 4.69) is 40.1 Å². The topological polar surface area (TPSA) is 46.8 Å². The molecule has 0 spiro atoms. The van der Waals surface area contributed by atoms with Crippen molar-refractivity contribution >= 4 is 12.6 Å². The predicted octanol–water partition coefficient (Wildman–Crippen LogP) is 0.304. The molecule has 0 aromatic carbocycles. The number of tetrazole rings is 1. The van der Waals surface area contributed by atoms with E-state index in [1.807, 2.05) is 0 Å². The molecular weight excluding hydrogens is 198 g/mol. The smallest absolute Gasteiger partial charge is 0.206 e. The molecule has 0 atom stereocenters. The highest BCUT2D eigenvalue weighted by molar-refractivity contribution is 7.80. The Labute approximate surface area is 88.9 Å². The summed E-state index contributed by atoms with van der Waals surface area (Å²) in [6.45, 7) is 3.25. The number of piperidine rings is 1. The summed E-state index contributed by atoms with van der Waals surface area (Å²) in [5.41, 5.74) is 0. The molecule has 14 heavy (non-hydrogen) atoms. The predicted molar refractivity (Wildman–Crippen MR) is 55.3 cm³/mol. The second-order valence-corrected chi connectivity index (χ2v) is 4.31. The van der Waals surface area contributed by atoms with Gasteiger partial charge in [0.2, 0.25) is 5.16 Å². The van der Waals surface area contributed by atoms with Crippen LogP contribution in [0.4, 0.5) is 0 Å². The summed E-state index contributed by atoms with van der Waals surface area (Å²) in [6, 6.07) is 0. The summed E-state index contributed by atoms with van der Waals surface area (Å²) in [4.78, 5) is 2.36. The van der Waals surface area contributed by atoms with E-state index in [0.717, 1.165) is 6.54 Å². The van der Waals surface area contributed by atoms with E-state index in [1.54, 1.807) is 4.68 Å². The van der Waals surface area contributed by atoms with Gasteiger partial charge in [-0.1, -0.05) is 0 Å². The summed E-state index contributed by atoms with van der Waals surface area (Å²) in [5, 5.41) is 11.8. The lowest BCUT2D eigenvalue weighted by atomic mass is 9.97. The van der Waals surface area contributed by atoms with Crippen molar-refractivity contribution in [3.05, 3.63) is 0 Å². The highest BCUT2D eigenvalue weighted by Crippen LogP contribution is 2.18. The Balaban J connectivity index is 1.89. The number of hydrogen-bond acceptors (Lipinski definition) is 5. The molecule has 1 fully saturated rings. The van der Waals surface area contributed by atoms with Crippen LogP contribution in [0.2, 0.25) is 0 Å². The van der Waals surface area contributed by atoms with Crippen molar-refractivity contribution in [1.82, 2.24) is 25.1 Å². The molecule has 1 aromatic rings. The van der Waals surface area contributed by atoms with Crippen LogP contribution in [0.1, 0.15) is 12.8 Å². The Bertz CT molecular complexity index is 292. The zero-order chi connectivity index (χ0) is 9.97. The number of thiol groups is 1. The first-order valence-electron chi connectivity index (χ1n) is 4.89. The van der Waals surface area contributed by atoms with Gasteiger partial charge < -0.3 is 4.90 Å². The third kappa shape index (κ3) is 2.24. The fourth-order valence-corrected chi connectivity index (χ4v) is 1.97. The molecule has 6 heteroatoms. The lowest BCUT2D eigenvalue weighted by Gasteiger charge is -2.28. The van der Waals surface area contributed by atoms with E-state index in [9.17, 15) is 0 Å². The van der Waals surface area contributed by atoms with E-state index >= 15 is 0 Å². The summed E-state index contributed by atoms with van der Waals surface area (Å²) in [5.74, 6) is 0.695. The Kier molecular flexibility index (Phi) is 3.02. The van der Waals surface area contributed by atoms with Crippen molar-refractivity contribution in [3.8, 4) is 0 Å². The Morgan fingerprint density at radius 3 is 2.71 bits per heavy atom. The average Bonchev–Trinajstić information content (AvgIpc) is 2.56. The van der Waals surface area contributed by atoms with E-state index < -0.39 is 0 Å². The van der Waals surface area contributed by atoms with Crippen molar-refractivity contribution in [2.45, 2.75) is 24.5 Å². The van der Waals surface area contributed by atoms with Gasteiger partial charge in [0.1, 0.15) is 0 Å². The van der Waals surface area contributed by atoms with Crippen molar-refractivity contribution in [3.63, 3.8) is 0 Å². The highest BCUT2D eigenvalue weighted by Gasteiger charge is 2.18. The summed E-state index contributed by atoms with van der Waals surface area (Å²) in [6.07, 6.45) is 2.45. The van der Waals surface area contributed by atoms with Crippen LogP contribution < -0.4 is 0 Å². The normalized spacial score (nSPS) is 20.1. The zero-order valence-electron chi connectivity index (χ0n) is 8.30. The van der Waals surface area contributed by atoms with Gasteiger partial charge in [-0.05, 0) is 49.3 Å². The van der Waals surface area contributed by atoms with Crippen LogP contribution in [0.25, 0.3) is 0 Å². The number of nitrogens with zero attached hydrogens (tertiary/aromatic N) is 5. The molecule has 1 aliphatic heterocycles. The maximum atomic E-state index is 4.18. The van der Waals surface area contributed by atoms with E-state index in [-0.39, 0.29) is 0 Å². The fourth-order valence-electron chi connectivity index (χ4n) is 1.81. The molecular formula is C8H15N5S. The molecule has 78 valence electrons. The van der Waals surface area contributed by atoms with E-state index in [0.29, 0.717) is 11.1 Å². The lowest BCUT2D eigenvalue weighted by molar-refractivity contribution is 0.197. The first-order valence-corrected chi connectivity index (χ1v) is 5.34. The molecule has 0 unspecified atom stereocenters. The maximum Gasteiger partial charge on any atom is 0.206 e. The molecule has 0 amide bonds. The largest absolute Gasteiger partial charge is 0.306 e. The maximum absolute atomic E-state index is 4.18. The Morgan fingerprint density at radius 2 is 2.14 bits per heavy atom. The van der Waals surface area contributed by atoms with Crippen LogP contribution >= 0.6 is 12.6 Å². The average molecular weight is 213 g/mol. The summed E-state index contributed by atoms with van der Waals surface area (Å²) in [7, 11) is 2.16. The molecule has 2 rings (SSSR count). The molecule has 1 saturated heterocycles. The SMILES string of the molecule is CN1CCC(Cn2nnnc2S)CC1. The second kappa shape index (κ2) is 4.27. The minimum Gasteiger partial charge on any atom is -0.306 e. The van der Waals surface area contributed by atoms with Gasteiger partial charge in [0.25, 0.3) is 0 Å². The third-order valence-corrected chi connectivity index (χ3v) is 3.10. The highest BCUT2D eigenvalue weighted by atomic mass is 32.1. The van der Waals surface area contributed by atoms with Crippen LogP contribution in [0.5, 0.6) is 0 Å². The lowest BCUT2D eigenvalue weighted by Crippen LogP contribution is -2.32. The van der Waals surface area contributed by atoms with Crippen LogP contribution in [0.3, 0.4) is 0 Å². The molecule has 0 radical (unpaired) electrons. The second-order valence-electron chi connectivity index (χ2n) is 3.91. The number of likely N-dealkylation sites (tertiary alicyclic amines) is 1. The molecule has 2 heterocycles. The van der Waals surface area contributed by atoms with Crippen LogP contribution in [0.15, 0.2) is 5.16 Å². The van der Waals surface area contributed by atoms with Crippen molar-refractivity contribution in [2.24, 2.45) is 5.92 Å². The van der Waals surface area contributed by atoms with Crippen LogP contribution in [-0.2, 0) is 6.54 Å². The monoisotopic (exact) mass is 213 g/mol. The third-order valence-electron chi connectivity index (χ3n) is 2.78. The Hall–Kier alpha value is -0.620. The van der Waals surface area contributed by atoms with Gasteiger partial charge in [-0.25, -0.2) is 4.68 Å². The van der Waals surface area contributed by atoms with E-state index in [1.165, 1.54) is 25.9 Å². The van der Waals surface area contributed by atoms with Gasteiger partial charge >= 0.3 is 0 Å². The van der Waals surface area contributed by atoms with Crippen molar-refractivity contribution in [1.29, 1.82) is 0 Å². The standard InChI is InChI=1S/C8H15N5S/c1-12-4-2-7(3-5-12)6-13-8(14)9-10-11-13/h7H,2-6H2,1H3,(H,9,11,14). The van der Waals surface area contributed by atoms with Crippen molar-refractivity contribution in [2.75, 3.05) is 20.1 Å². The van der Waals surface area contributed by atoms with Crippen LogP contribution in [0, 0.1) is 5.92 Å². The number of rotatable bonds is 2. The van der Waals surface area contributed by atoms with Gasteiger partial charge in [0, 0.05) is 6.54 Å². The molecule has 0 aliphatic carbocycles. The molecule has 1 aliphatic rings. The number of hydrogen-bond donors (Lipinski definition) is 1. The molecule has 1 aromatic heterocycles. The fraction of sp³-hybridized carbons (Fsp3) is 0.875. The molecule has 0 saturated carbocycles. The van der Waals surface area contributed by atoms with Crippen molar-refractivity contribution < 1.29 is 0 Å². The van der Waals surface area contributed by atoms with Gasteiger partial charge in [0.05, 0.1) is 0 Å². The molecule has 0 N–H and O–H groups in total. The van der Waals surface area contributed by atoms with E-state index in [4.69, 9.17) is 0 Å². The quantitative estimate of drug-likeness (QED) is 0.718. The van der Waals surface area contributed by atoms with Gasteiger partial charge in [-0.15, -0.1) is 17.7 Å². The first kappa shape index (κ1) is 9.92. The minimum absolute atomic E-state index is 0.615. The van der Waals surface area contributed by atoms with Gasteiger partial charge in [-0.2, -0.15) is 0 Å². The first-order chi connectivity index (χ1) is 6.75. The molecule has 5 nitrogen and oxygen atoms in total. The summed E-state index contributed by atoms with van der Waals surface area (Å²) >= 11 is 4.18. The van der Waals surface area contributed by atoms with Crippen LogP contribution in [-0.4, -0.2) is 45.2 Å². The molecule has 0 bridgehead atoms. The Morgan fingerprint density at radius 1 is 1.43 bits per heavy atom.